The van der Waals surface area contributed by atoms with Crippen molar-refractivity contribution in [2.24, 2.45) is 0 Å². The van der Waals surface area contributed by atoms with E-state index in [9.17, 15) is 13.2 Å². The quantitative estimate of drug-likeness (QED) is 0.352. The molecule has 1 fully saturated rings. The second-order valence-corrected chi connectivity index (χ2v) is 12.2. The lowest BCUT2D eigenvalue weighted by Crippen LogP contribution is -2.57. The average Bonchev–Trinajstić information content (AvgIpc) is 3.00. The maximum absolute atomic E-state index is 14.0. The number of rotatable bonds is 13. The molecule has 3 unspecified atom stereocenters. The Kier molecular flexibility index (Phi) is 12.1. The number of ether oxygens (including phenoxy) is 7. The van der Waals surface area contributed by atoms with Crippen molar-refractivity contribution < 1.29 is 46.4 Å². The SMILES string of the molecule is COc1cc(S(=O)N2CCN(S(=O)c3cc(OC)c(OC)c(OC)c3)C(CNC(=O)OC(C)C)C2)cc(OC)c1OC. The lowest BCUT2D eigenvalue weighted by molar-refractivity contribution is 0.111. The number of carbonyl (C=O) groups excluding carboxylic acids is 1. The first-order chi connectivity index (χ1) is 20.1. The summed E-state index contributed by atoms with van der Waals surface area (Å²) >= 11 is 0. The van der Waals surface area contributed by atoms with Crippen molar-refractivity contribution in [3.8, 4) is 34.5 Å². The van der Waals surface area contributed by atoms with E-state index in [-0.39, 0.29) is 25.7 Å². The van der Waals surface area contributed by atoms with Crippen molar-refractivity contribution in [3.63, 3.8) is 0 Å². The van der Waals surface area contributed by atoms with Gasteiger partial charge in [-0.15, -0.1) is 0 Å². The van der Waals surface area contributed by atoms with Crippen LogP contribution in [0.3, 0.4) is 0 Å². The van der Waals surface area contributed by atoms with Crippen LogP contribution in [0.5, 0.6) is 34.5 Å². The Labute approximate surface area is 251 Å². The van der Waals surface area contributed by atoms with Gasteiger partial charge in [0.2, 0.25) is 11.5 Å². The zero-order valence-electron chi connectivity index (χ0n) is 25.1. The number of benzene rings is 2. The van der Waals surface area contributed by atoms with E-state index in [4.69, 9.17) is 33.2 Å². The van der Waals surface area contributed by atoms with E-state index >= 15 is 0 Å². The summed E-state index contributed by atoms with van der Waals surface area (Å²) in [7, 11) is 5.57. The molecule has 2 aromatic carbocycles. The summed E-state index contributed by atoms with van der Waals surface area (Å²) in [5, 5.41) is 2.75. The summed E-state index contributed by atoms with van der Waals surface area (Å²) in [5.74, 6) is 2.22. The van der Waals surface area contributed by atoms with E-state index in [0.717, 1.165) is 0 Å². The highest BCUT2D eigenvalue weighted by atomic mass is 32.2. The zero-order chi connectivity index (χ0) is 31.0. The summed E-state index contributed by atoms with van der Waals surface area (Å²) in [6, 6.07) is 5.99. The first-order valence-corrected chi connectivity index (χ1v) is 15.2. The number of nitrogens with one attached hydrogen (secondary N) is 1. The van der Waals surface area contributed by atoms with Gasteiger partial charge >= 0.3 is 6.09 Å². The number of carbonyl (C=O) groups is 1. The Bertz CT molecular complexity index is 1240. The molecule has 234 valence electrons. The number of alkyl carbamates (subject to hydrolysis) is 1. The van der Waals surface area contributed by atoms with Crippen molar-refractivity contribution in [2.75, 3.05) is 68.8 Å². The van der Waals surface area contributed by atoms with Crippen LogP contribution in [-0.4, -0.2) is 104 Å². The molecule has 3 atom stereocenters. The highest BCUT2D eigenvalue weighted by Crippen LogP contribution is 2.41. The van der Waals surface area contributed by atoms with E-state index < -0.39 is 34.1 Å². The second kappa shape index (κ2) is 15.3. The fourth-order valence-electron chi connectivity index (χ4n) is 4.40. The second-order valence-electron chi connectivity index (χ2n) is 9.24. The molecule has 2 aromatic rings. The molecule has 1 amide bonds. The number of amides is 1. The minimum absolute atomic E-state index is 0.0880. The standard InChI is InChI=1S/C27H39N3O10S2/c1-17(2)40-27(31)28-15-18-16-29(41(32)19-11-21(34-3)25(38-7)22(12-19)35-4)9-10-30(18)42(33)20-13-23(36-5)26(39-8)24(14-20)37-6/h11-14,17-18H,9-10,15-16H2,1-8H3,(H,28,31). The molecule has 0 aliphatic carbocycles. The van der Waals surface area contributed by atoms with Gasteiger partial charge < -0.3 is 38.5 Å². The van der Waals surface area contributed by atoms with Gasteiger partial charge in [-0.1, -0.05) is 0 Å². The van der Waals surface area contributed by atoms with Gasteiger partial charge in [0, 0.05) is 50.4 Å². The number of piperazine rings is 1. The van der Waals surface area contributed by atoms with Crippen LogP contribution < -0.4 is 33.7 Å². The Morgan fingerprint density at radius 2 is 1.24 bits per heavy atom. The highest BCUT2D eigenvalue weighted by Gasteiger charge is 2.35. The normalized spacial score (nSPS) is 17.2. The summed E-state index contributed by atoms with van der Waals surface area (Å²) < 4.78 is 69.0. The number of methoxy groups -OCH3 is 6. The molecule has 15 heteroatoms. The van der Waals surface area contributed by atoms with Crippen LogP contribution in [0, 0.1) is 0 Å². The molecule has 0 saturated carbocycles. The molecule has 13 nitrogen and oxygen atoms in total. The van der Waals surface area contributed by atoms with Gasteiger partial charge in [-0.3, -0.25) is 0 Å². The van der Waals surface area contributed by atoms with Gasteiger partial charge in [-0.2, -0.15) is 0 Å². The molecule has 1 aliphatic rings. The predicted octanol–water partition coefficient (Wildman–Crippen LogP) is 2.60. The van der Waals surface area contributed by atoms with Crippen LogP contribution in [0.15, 0.2) is 34.1 Å². The van der Waals surface area contributed by atoms with Crippen molar-refractivity contribution >= 4 is 28.1 Å². The Morgan fingerprint density at radius 3 is 1.64 bits per heavy atom. The van der Waals surface area contributed by atoms with Crippen LogP contribution in [0.2, 0.25) is 0 Å². The van der Waals surface area contributed by atoms with E-state index in [1.807, 2.05) is 0 Å². The molecular formula is C27H39N3O10S2. The third-order valence-corrected chi connectivity index (χ3v) is 9.33. The lowest BCUT2D eigenvalue weighted by Gasteiger charge is -2.39. The lowest BCUT2D eigenvalue weighted by atomic mass is 10.2. The summed E-state index contributed by atoms with van der Waals surface area (Å²) in [6.45, 7) is 4.37. The van der Waals surface area contributed by atoms with Gasteiger partial charge in [-0.25, -0.2) is 21.8 Å². The van der Waals surface area contributed by atoms with Crippen LogP contribution in [0.25, 0.3) is 0 Å². The van der Waals surface area contributed by atoms with Gasteiger partial charge in [0.15, 0.2) is 23.0 Å². The van der Waals surface area contributed by atoms with Crippen molar-refractivity contribution in [1.82, 2.24) is 13.9 Å². The highest BCUT2D eigenvalue weighted by molar-refractivity contribution is 7.83. The van der Waals surface area contributed by atoms with Crippen molar-refractivity contribution in [1.29, 1.82) is 0 Å². The van der Waals surface area contributed by atoms with Crippen molar-refractivity contribution in [2.45, 2.75) is 35.8 Å². The average molecular weight is 630 g/mol. The van der Waals surface area contributed by atoms with Gasteiger partial charge in [0.25, 0.3) is 0 Å². The van der Waals surface area contributed by atoms with Crippen LogP contribution >= 0.6 is 0 Å². The van der Waals surface area contributed by atoms with Gasteiger partial charge in [0.05, 0.1) is 64.6 Å². The van der Waals surface area contributed by atoms with E-state index in [1.165, 1.54) is 42.7 Å². The molecule has 1 aliphatic heterocycles. The number of nitrogens with zero attached hydrogens (tertiary/aromatic N) is 2. The summed E-state index contributed by atoms with van der Waals surface area (Å²) in [4.78, 5) is 13.2. The van der Waals surface area contributed by atoms with E-state index in [2.05, 4.69) is 5.32 Å². The number of hydrogen-bond acceptors (Lipinski definition) is 10. The Balaban J connectivity index is 1.93. The van der Waals surface area contributed by atoms with E-state index in [0.29, 0.717) is 50.8 Å². The molecule has 42 heavy (non-hydrogen) atoms. The van der Waals surface area contributed by atoms with Crippen LogP contribution in [-0.2, 0) is 26.7 Å². The fraction of sp³-hybridized carbons (Fsp3) is 0.519. The number of hydrogen-bond donors (Lipinski definition) is 1. The van der Waals surface area contributed by atoms with Crippen LogP contribution in [0.4, 0.5) is 4.79 Å². The summed E-state index contributed by atoms with van der Waals surface area (Å²) in [6.07, 6.45) is -0.920. The minimum Gasteiger partial charge on any atom is -0.493 e. The smallest absolute Gasteiger partial charge is 0.407 e. The third kappa shape index (κ3) is 7.56. The topological polar surface area (TPSA) is 134 Å². The maximum Gasteiger partial charge on any atom is 0.407 e. The van der Waals surface area contributed by atoms with Gasteiger partial charge in [0.1, 0.15) is 22.0 Å². The molecule has 3 rings (SSSR count). The molecular weight excluding hydrogens is 590 g/mol. The first kappa shape index (κ1) is 33.2. The molecule has 1 N–H and O–H groups in total. The Hall–Kier alpha value is -3.27. The molecule has 0 spiro atoms. The van der Waals surface area contributed by atoms with Crippen LogP contribution in [0.1, 0.15) is 13.8 Å². The molecule has 0 radical (unpaired) electrons. The zero-order valence-corrected chi connectivity index (χ0v) is 26.7. The minimum atomic E-state index is -1.70. The molecule has 0 aromatic heterocycles. The molecule has 1 saturated heterocycles. The first-order valence-electron chi connectivity index (χ1n) is 13.0. The van der Waals surface area contributed by atoms with E-state index in [1.54, 1.807) is 46.7 Å². The predicted molar refractivity (Wildman–Crippen MR) is 157 cm³/mol. The largest absolute Gasteiger partial charge is 0.493 e. The van der Waals surface area contributed by atoms with Gasteiger partial charge in [-0.05, 0) is 13.8 Å². The maximum atomic E-state index is 14.0. The fourth-order valence-corrected chi connectivity index (χ4v) is 7.02. The molecule has 1 heterocycles. The molecule has 0 bridgehead atoms. The Morgan fingerprint density at radius 1 is 0.786 bits per heavy atom. The van der Waals surface area contributed by atoms with Crippen molar-refractivity contribution in [3.05, 3.63) is 24.3 Å². The third-order valence-electron chi connectivity index (χ3n) is 6.34. The summed E-state index contributed by atoms with van der Waals surface area (Å²) in [5.41, 5.74) is 0. The monoisotopic (exact) mass is 629 g/mol.